The first-order valence-corrected chi connectivity index (χ1v) is 10.6. The van der Waals surface area contributed by atoms with Crippen molar-refractivity contribution < 1.29 is 4.74 Å². The highest BCUT2D eigenvalue weighted by atomic mass is 16.5. The van der Waals surface area contributed by atoms with Crippen LogP contribution in [0.1, 0.15) is 37.7 Å². The van der Waals surface area contributed by atoms with Gasteiger partial charge in [0.05, 0.1) is 24.7 Å². The fraction of sp³-hybridized carbons (Fsp3) is 0.308. The summed E-state index contributed by atoms with van der Waals surface area (Å²) in [6, 6.07) is 24.7. The number of unbranched alkanes of at least 4 members (excludes halogenated alkanes) is 3. The summed E-state index contributed by atoms with van der Waals surface area (Å²) >= 11 is 0. The van der Waals surface area contributed by atoms with Crippen molar-refractivity contribution in [1.82, 2.24) is 0 Å². The number of anilines is 1. The van der Waals surface area contributed by atoms with E-state index in [0.717, 1.165) is 43.7 Å². The Bertz CT molecular complexity index is 1030. The average molecular weight is 424 g/mol. The molecule has 0 amide bonds. The van der Waals surface area contributed by atoms with Crippen molar-refractivity contribution in [3.8, 4) is 30.0 Å². The van der Waals surface area contributed by atoms with Crippen LogP contribution in [0.25, 0.3) is 5.57 Å². The minimum absolute atomic E-state index is 0.0721. The molecule has 0 spiro atoms. The van der Waals surface area contributed by atoms with Crippen LogP contribution in [0.2, 0.25) is 0 Å². The van der Waals surface area contributed by atoms with Crippen molar-refractivity contribution in [2.24, 2.45) is 0 Å². The van der Waals surface area contributed by atoms with Crippen molar-refractivity contribution in [2.75, 3.05) is 24.6 Å². The number of benzene rings is 2. The topological polar surface area (TPSA) is 108 Å². The zero-order chi connectivity index (χ0) is 23.0. The number of nitriles is 4. The quantitative estimate of drug-likeness (QED) is 0.335. The lowest BCUT2D eigenvalue weighted by molar-refractivity contribution is 0.305. The van der Waals surface area contributed by atoms with Crippen LogP contribution in [0.15, 0.2) is 60.2 Å². The van der Waals surface area contributed by atoms with Gasteiger partial charge in [0.2, 0.25) is 0 Å². The van der Waals surface area contributed by atoms with Gasteiger partial charge in [-0.1, -0.05) is 43.2 Å². The van der Waals surface area contributed by atoms with Crippen LogP contribution < -0.4 is 9.64 Å². The Morgan fingerprint density at radius 3 is 2.06 bits per heavy atom. The molecule has 0 bridgehead atoms. The summed E-state index contributed by atoms with van der Waals surface area (Å²) in [6.45, 7) is 2.14. The molecule has 6 heteroatoms. The first-order chi connectivity index (χ1) is 15.7. The van der Waals surface area contributed by atoms with Crippen LogP contribution >= 0.6 is 0 Å². The number of ether oxygens (including phenoxy) is 1. The molecule has 6 nitrogen and oxygen atoms in total. The first-order valence-electron chi connectivity index (χ1n) is 10.6. The van der Waals surface area contributed by atoms with Crippen molar-refractivity contribution in [2.45, 2.75) is 32.1 Å². The minimum Gasteiger partial charge on any atom is -0.494 e. The molecular weight excluding hydrogens is 398 g/mol. The molecule has 0 unspecified atom stereocenters. The zero-order valence-corrected chi connectivity index (χ0v) is 18.0. The molecular formula is C26H25N5O. The van der Waals surface area contributed by atoms with Crippen LogP contribution in [0.5, 0.6) is 5.75 Å². The molecule has 0 N–H and O–H groups in total. The molecule has 0 aliphatic rings. The fourth-order valence-electron chi connectivity index (χ4n) is 3.26. The van der Waals surface area contributed by atoms with Crippen molar-refractivity contribution >= 4 is 11.3 Å². The molecule has 2 rings (SSSR count). The van der Waals surface area contributed by atoms with Gasteiger partial charge < -0.3 is 9.64 Å². The summed E-state index contributed by atoms with van der Waals surface area (Å²) in [5, 5.41) is 36.4. The molecule has 0 saturated carbocycles. The Balaban J connectivity index is 1.88. The Labute approximate surface area is 189 Å². The first kappa shape index (κ1) is 24.0. The summed E-state index contributed by atoms with van der Waals surface area (Å²) < 4.78 is 5.72. The van der Waals surface area contributed by atoms with Crippen LogP contribution in [-0.4, -0.2) is 19.7 Å². The highest BCUT2D eigenvalue weighted by molar-refractivity contribution is 5.84. The molecule has 0 saturated heterocycles. The van der Waals surface area contributed by atoms with Gasteiger partial charge in [-0.2, -0.15) is 21.0 Å². The predicted octanol–water partition coefficient (Wildman–Crippen LogP) is 5.37. The maximum atomic E-state index is 9.31. The van der Waals surface area contributed by atoms with Gasteiger partial charge in [0, 0.05) is 18.8 Å². The number of allylic oxidation sites excluding steroid dienone is 2. The lowest BCUT2D eigenvalue weighted by Gasteiger charge is -2.24. The summed E-state index contributed by atoms with van der Waals surface area (Å²) in [4.78, 5) is 2.15. The Morgan fingerprint density at radius 1 is 0.750 bits per heavy atom. The van der Waals surface area contributed by atoms with Crippen molar-refractivity contribution in [1.29, 1.82) is 21.0 Å². The van der Waals surface area contributed by atoms with Gasteiger partial charge in [-0.3, -0.25) is 0 Å². The maximum Gasteiger partial charge on any atom is 0.148 e. The molecule has 0 aromatic heterocycles. The monoisotopic (exact) mass is 423 g/mol. The normalized spacial score (nSPS) is 9.50. The standard InChI is InChI=1S/C26H25N5O/c27-15-8-17-31(16-6-1-2-7-18-32-25-9-4-3-5-10-25)24-13-11-22(12-14-24)26(21-30)23(19-28)20-29/h3-5,9-14H,1-2,6-8,16-18H2. The van der Waals surface area contributed by atoms with Gasteiger partial charge >= 0.3 is 0 Å². The van der Waals surface area contributed by atoms with Crippen molar-refractivity contribution in [3.63, 3.8) is 0 Å². The van der Waals surface area contributed by atoms with E-state index in [0.29, 0.717) is 25.1 Å². The van der Waals surface area contributed by atoms with E-state index in [1.807, 2.05) is 48.5 Å². The van der Waals surface area contributed by atoms with E-state index in [9.17, 15) is 5.26 Å². The number of hydrogen-bond acceptors (Lipinski definition) is 6. The summed E-state index contributed by atoms with van der Waals surface area (Å²) in [5.41, 5.74) is 1.36. The maximum absolute atomic E-state index is 9.31. The van der Waals surface area contributed by atoms with Gasteiger partial charge in [-0.25, -0.2) is 0 Å². The van der Waals surface area contributed by atoms with Crippen LogP contribution in [0.3, 0.4) is 0 Å². The number of rotatable bonds is 12. The molecule has 2 aromatic carbocycles. The van der Waals surface area contributed by atoms with Gasteiger partial charge in [0.15, 0.2) is 0 Å². The third kappa shape index (κ3) is 7.53. The van der Waals surface area contributed by atoms with Gasteiger partial charge in [0.1, 0.15) is 29.5 Å². The molecule has 0 atom stereocenters. The van der Waals surface area contributed by atoms with E-state index < -0.39 is 0 Å². The van der Waals surface area contributed by atoms with E-state index in [1.54, 1.807) is 24.3 Å². The SMILES string of the molecule is N#CCCN(CCCCCCOc1ccccc1)c1ccc(C(C#N)=C(C#N)C#N)cc1. The highest BCUT2D eigenvalue weighted by Crippen LogP contribution is 2.23. The molecule has 2 aromatic rings. The second kappa shape index (κ2) is 13.9. The number of hydrogen-bond donors (Lipinski definition) is 0. The number of para-hydroxylation sites is 1. The Kier molecular flexibility index (Phi) is 10.4. The average Bonchev–Trinajstić information content (AvgIpc) is 2.84. The third-order valence-electron chi connectivity index (χ3n) is 4.93. The lowest BCUT2D eigenvalue weighted by atomic mass is 10.0. The van der Waals surface area contributed by atoms with Crippen LogP contribution in [-0.2, 0) is 0 Å². The lowest BCUT2D eigenvalue weighted by Crippen LogP contribution is -2.25. The largest absolute Gasteiger partial charge is 0.494 e. The van der Waals surface area contributed by atoms with Crippen LogP contribution in [0.4, 0.5) is 5.69 Å². The molecule has 0 radical (unpaired) electrons. The van der Waals surface area contributed by atoms with Gasteiger partial charge in [-0.05, 0) is 42.7 Å². The second-order valence-electron chi connectivity index (χ2n) is 7.10. The molecule has 0 aliphatic carbocycles. The molecule has 0 fully saturated rings. The smallest absolute Gasteiger partial charge is 0.148 e. The fourth-order valence-corrected chi connectivity index (χ4v) is 3.26. The van der Waals surface area contributed by atoms with Crippen molar-refractivity contribution in [3.05, 3.63) is 65.7 Å². The third-order valence-corrected chi connectivity index (χ3v) is 4.93. The Hall–Kier alpha value is -4.26. The summed E-state index contributed by atoms with van der Waals surface area (Å²) in [7, 11) is 0. The summed E-state index contributed by atoms with van der Waals surface area (Å²) in [6.07, 6.45) is 4.54. The minimum atomic E-state index is -0.196. The summed E-state index contributed by atoms with van der Waals surface area (Å²) in [5.74, 6) is 0.893. The molecule has 0 aliphatic heterocycles. The highest BCUT2D eigenvalue weighted by Gasteiger charge is 2.11. The number of nitrogens with zero attached hydrogens (tertiary/aromatic N) is 5. The second-order valence-corrected chi connectivity index (χ2v) is 7.10. The zero-order valence-electron chi connectivity index (χ0n) is 18.0. The van der Waals surface area contributed by atoms with E-state index in [-0.39, 0.29) is 11.1 Å². The van der Waals surface area contributed by atoms with E-state index in [1.165, 1.54) is 0 Å². The Morgan fingerprint density at radius 2 is 1.44 bits per heavy atom. The molecule has 32 heavy (non-hydrogen) atoms. The van der Waals surface area contributed by atoms with Gasteiger partial charge in [0.25, 0.3) is 0 Å². The van der Waals surface area contributed by atoms with Crippen LogP contribution in [0, 0.1) is 45.3 Å². The van der Waals surface area contributed by atoms with E-state index in [2.05, 4.69) is 11.0 Å². The molecule has 0 heterocycles. The van der Waals surface area contributed by atoms with E-state index >= 15 is 0 Å². The predicted molar refractivity (Wildman–Crippen MR) is 123 cm³/mol. The van der Waals surface area contributed by atoms with Gasteiger partial charge in [-0.15, -0.1) is 0 Å². The van der Waals surface area contributed by atoms with E-state index in [4.69, 9.17) is 20.5 Å². The molecule has 160 valence electrons.